The molecule has 0 spiro atoms. The molecule has 0 atom stereocenters. The van der Waals surface area contributed by atoms with Crippen LogP contribution in [0.4, 0.5) is 5.69 Å². The molecule has 5 heterocycles. The number of fused-ring (bicyclic) bond motifs is 2. The maximum atomic E-state index is 4.65. The smallest absolute Gasteiger partial charge is 0.116 e. The molecule has 3 N–H and O–H groups in total. The van der Waals surface area contributed by atoms with E-state index in [2.05, 4.69) is 79.3 Å². The molecule has 172 valence electrons. The lowest BCUT2D eigenvalue weighted by molar-refractivity contribution is 0.913. The van der Waals surface area contributed by atoms with E-state index in [4.69, 9.17) is 0 Å². The van der Waals surface area contributed by atoms with Gasteiger partial charge in [0.25, 0.3) is 0 Å². The Bertz CT molecular complexity index is 1630. The molecule has 5 aromatic heterocycles. The van der Waals surface area contributed by atoms with Gasteiger partial charge in [-0.05, 0) is 42.7 Å². The van der Waals surface area contributed by atoms with Crippen molar-refractivity contribution in [1.82, 2.24) is 30.1 Å². The lowest BCUT2D eigenvalue weighted by atomic mass is 10.1. The summed E-state index contributed by atoms with van der Waals surface area (Å²) < 4.78 is 0. The SMILES string of the molecule is C=C(CCC)Nc1cncc(-c2cc3c(-c4cc5c(C6=CCC=C6)nccc5[nH]4)n[nH]c3cn2)c1. The summed E-state index contributed by atoms with van der Waals surface area (Å²) >= 11 is 0. The Hall–Kier alpha value is -4.52. The first kappa shape index (κ1) is 21.0. The van der Waals surface area contributed by atoms with E-state index in [1.165, 1.54) is 0 Å². The molecule has 0 aromatic carbocycles. The number of aromatic nitrogens is 6. The fraction of sp³-hybridized carbons (Fsp3) is 0.143. The van der Waals surface area contributed by atoms with Crippen LogP contribution in [-0.4, -0.2) is 30.1 Å². The normalized spacial score (nSPS) is 13.0. The number of nitrogens with zero attached hydrogens (tertiary/aromatic N) is 4. The molecule has 0 unspecified atom stereocenters. The van der Waals surface area contributed by atoms with Gasteiger partial charge in [-0.1, -0.05) is 38.2 Å². The third kappa shape index (κ3) is 3.91. The Labute approximate surface area is 202 Å². The van der Waals surface area contributed by atoms with Gasteiger partial charge in [-0.2, -0.15) is 5.10 Å². The number of nitrogens with one attached hydrogen (secondary N) is 3. The highest BCUT2D eigenvalue weighted by Gasteiger charge is 2.16. The van der Waals surface area contributed by atoms with Crippen molar-refractivity contribution in [2.75, 3.05) is 5.32 Å². The molecule has 7 nitrogen and oxygen atoms in total. The summed E-state index contributed by atoms with van der Waals surface area (Å²) in [6, 6.07) is 8.24. The summed E-state index contributed by atoms with van der Waals surface area (Å²) in [5.74, 6) is 0. The summed E-state index contributed by atoms with van der Waals surface area (Å²) in [5.41, 5.74) is 9.47. The molecular formula is C28H25N7. The van der Waals surface area contributed by atoms with Crippen LogP contribution < -0.4 is 5.32 Å². The second-order valence-electron chi connectivity index (χ2n) is 8.73. The average Bonchev–Trinajstić information content (AvgIpc) is 3.63. The van der Waals surface area contributed by atoms with E-state index in [1.54, 1.807) is 6.20 Å². The Kier molecular flexibility index (Phi) is 5.22. The highest BCUT2D eigenvalue weighted by atomic mass is 15.1. The van der Waals surface area contributed by atoms with Gasteiger partial charge in [0.05, 0.1) is 40.7 Å². The number of pyridine rings is 3. The zero-order chi connectivity index (χ0) is 23.8. The van der Waals surface area contributed by atoms with E-state index < -0.39 is 0 Å². The summed E-state index contributed by atoms with van der Waals surface area (Å²) in [6.45, 7) is 6.22. The Morgan fingerprint density at radius 3 is 2.83 bits per heavy atom. The van der Waals surface area contributed by atoms with Crippen LogP contribution in [0.15, 0.2) is 79.6 Å². The Balaban J connectivity index is 1.40. The summed E-state index contributed by atoms with van der Waals surface area (Å²) in [4.78, 5) is 17.2. The third-order valence-corrected chi connectivity index (χ3v) is 6.20. The zero-order valence-electron chi connectivity index (χ0n) is 19.5. The molecule has 0 radical (unpaired) electrons. The van der Waals surface area contributed by atoms with Crippen molar-refractivity contribution in [2.24, 2.45) is 0 Å². The number of H-pyrrole nitrogens is 2. The lowest BCUT2D eigenvalue weighted by Gasteiger charge is -2.09. The van der Waals surface area contributed by atoms with Crippen molar-refractivity contribution in [3.63, 3.8) is 0 Å². The molecule has 35 heavy (non-hydrogen) atoms. The minimum absolute atomic E-state index is 0.831. The number of hydrogen-bond donors (Lipinski definition) is 3. The topological polar surface area (TPSA) is 95.2 Å². The van der Waals surface area contributed by atoms with E-state index in [0.717, 1.165) is 86.4 Å². The summed E-state index contributed by atoms with van der Waals surface area (Å²) in [5, 5.41) is 13.2. The van der Waals surface area contributed by atoms with Crippen molar-refractivity contribution in [1.29, 1.82) is 0 Å². The molecule has 5 aromatic rings. The van der Waals surface area contributed by atoms with Crippen molar-refractivity contribution >= 4 is 33.1 Å². The van der Waals surface area contributed by atoms with E-state index in [-0.39, 0.29) is 0 Å². The van der Waals surface area contributed by atoms with E-state index in [1.807, 2.05) is 30.7 Å². The molecule has 0 bridgehead atoms. The number of rotatable bonds is 7. The van der Waals surface area contributed by atoms with Crippen molar-refractivity contribution in [2.45, 2.75) is 26.2 Å². The van der Waals surface area contributed by atoms with Gasteiger partial charge in [0.2, 0.25) is 0 Å². The van der Waals surface area contributed by atoms with E-state index >= 15 is 0 Å². The predicted molar refractivity (Wildman–Crippen MR) is 142 cm³/mol. The number of aromatic amines is 2. The molecular weight excluding hydrogens is 434 g/mol. The minimum Gasteiger partial charge on any atom is -0.358 e. The van der Waals surface area contributed by atoms with Gasteiger partial charge < -0.3 is 10.3 Å². The second kappa shape index (κ2) is 8.68. The van der Waals surface area contributed by atoms with Crippen molar-refractivity contribution in [3.05, 3.63) is 85.3 Å². The van der Waals surface area contributed by atoms with Gasteiger partial charge in [0, 0.05) is 39.9 Å². The maximum Gasteiger partial charge on any atom is 0.116 e. The highest BCUT2D eigenvalue weighted by molar-refractivity contribution is 6.00. The minimum atomic E-state index is 0.831. The molecule has 0 saturated carbocycles. The van der Waals surface area contributed by atoms with Gasteiger partial charge in [-0.25, -0.2) is 0 Å². The highest BCUT2D eigenvalue weighted by Crippen LogP contribution is 2.34. The quantitative estimate of drug-likeness (QED) is 0.254. The lowest BCUT2D eigenvalue weighted by Crippen LogP contribution is -1.98. The van der Waals surface area contributed by atoms with Gasteiger partial charge in [-0.3, -0.25) is 20.1 Å². The maximum absolute atomic E-state index is 4.65. The number of allylic oxidation sites excluding steroid dienone is 5. The first-order valence-electron chi connectivity index (χ1n) is 11.8. The van der Waals surface area contributed by atoms with Crippen LogP contribution in [-0.2, 0) is 0 Å². The summed E-state index contributed by atoms with van der Waals surface area (Å²) in [6.07, 6.45) is 16.7. The van der Waals surface area contributed by atoms with Gasteiger partial charge >= 0.3 is 0 Å². The van der Waals surface area contributed by atoms with Crippen LogP contribution in [0.2, 0.25) is 0 Å². The fourth-order valence-electron chi connectivity index (χ4n) is 4.54. The number of anilines is 1. The molecule has 1 aliphatic rings. The molecule has 6 rings (SSSR count). The molecule has 0 amide bonds. The van der Waals surface area contributed by atoms with Crippen LogP contribution in [0.1, 0.15) is 31.9 Å². The van der Waals surface area contributed by atoms with Crippen LogP contribution in [0.5, 0.6) is 0 Å². The predicted octanol–water partition coefficient (Wildman–Crippen LogP) is 6.63. The second-order valence-corrected chi connectivity index (χ2v) is 8.73. The molecule has 0 aliphatic heterocycles. The van der Waals surface area contributed by atoms with Gasteiger partial charge in [-0.15, -0.1) is 0 Å². The van der Waals surface area contributed by atoms with Gasteiger partial charge in [0.1, 0.15) is 5.69 Å². The first-order chi connectivity index (χ1) is 17.2. The van der Waals surface area contributed by atoms with Gasteiger partial charge in [0.15, 0.2) is 0 Å². The Morgan fingerprint density at radius 2 is 1.97 bits per heavy atom. The van der Waals surface area contributed by atoms with E-state index in [9.17, 15) is 0 Å². The van der Waals surface area contributed by atoms with Crippen molar-refractivity contribution < 1.29 is 0 Å². The third-order valence-electron chi connectivity index (χ3n) is 6.20. The summed E-state index contributed by atoms with van der Waals surface area (Å²) in [7, 11) is 0. The first-order valence-corrected chi connectivity index (χ1v) is 11.8. The molecule has 7 heteroatoms. The fourth-order valence-corrected chi connectivity index (χ4v) is 4.54. The monoisotopic (exact) mass is 459 g/mol. The van der Waals surface area contributed by atoms with Crippen LogP contribution in [0, 0.1) is 0 Å². The molecule has 1 aliphatic carbocycles. The average molecular weight is 460 g/mol. The van der Waals surface area contributed by atoms with Crippen molar-refractivity contribution in [3.8, 4) is 22.6 Å². The standard InChI is InChI=1S/C28H25N7/c1-3-6-17(2)32-20-11-19(14-29-15-20)24-12-22-26(16-31-24)34-35-28(22)25-13-21-23(33-25)9-10-30-27(21)18-7-4-5-8-18/h4,7-16,32-33H,2-3,5-6H2,1H3,(H,34,35). The van der Waals surface area contributed by atoms with Crippen LogP contribution >= 0.6 is 0 Å². The Morgan fingerprint density at radius 1 is 1.06 bits per heavy atom. The van der Waals surface area contributed by atoms with Crippen LogP contribution in [0.3, 0.4) is 0 Å². The van der Waals surface area contributed by atoms with Crippen LogP contribution in [0.25, 0.3) is 50.0 Å². The number of hydrogen-bond acceptors (Lipinski definition) is 5. The zero-order valence-corrected chi connectivity index (χ0v) is 19.5. The van der Waals surface area contributed by atoms with E-state index in [0.29, 0.717) is 0 Å². The molecule has 0 fully saturated rings. The molecule has 0 saturated heterocycles. The largest absolute Gasteiger partial charge is 0.358 e.